The number of carbonyl (C=O) groups is 1. The molecular formula is C13H22N4O. The highest BCUT2D eigenvalue weighted by Gasteiger charge is 2.24. The Morgan fingerprint density at radius 3 is 3.11 bits per heavy atom. The summed E-state index contributed by atoms with van der Waals surface area (Å²) in [4.78, 5) is 11.9. The molecule has 1 fully saturated rings. The molecule has 2 atom stereocenters. The number of nitrogens with one attached hydrogen (secondary N) is 1. The summed E-state index contributed by atoms with van der Waals surface area (Å²) < 4.78 is 1.78. The number of hydrogen-bond acceptors (Lipinski definition) is 3. The fourth-order valence-corrected chi connectivity index (χ4v) is 2.52. The lowest BCUT2D eigenvalue weighted by Gasteiger charge is -2.25. The van der Waals surface area contributed by atoms with Crippen LogP contribution < -0.4 is 11.1 Å². The Morgan fingerprint density at radius 1 is 1.61 bits per heavy atom. The van der Waals surface area contributed by atoms with Gasteiger partial charge in [0, 0.05) is 38.2 Å². The van der Waals surface area contributed by atoms with E-state index in [-0.39, 0.29) is 17.9 Å². The molecule has 1 saturated carbocycles. The van der Waals surface area contributed by atoms with Crippen LogP contribution in [-0.4, -0.2) is 28.3 Å². The van der Waals surface area contributed by atoms with E-state index < -0.39 is 0 Å². The Hall–Kier alpha value is -1.36. The highest BCUT2D eigenvalue weighted by Crippen LogP contribution is 2.22. The van der Waals surface area contributed by atoms with Crippen LogP contribution in [0, 0.1) is 5.92 Å². The normalized spacial score (nSPS) is 23.9. The summed E-state index contributed by atoms with van der Waals surface area (Å²) in [5.41, 5.74) is 6.90. The number of carbonyl (C=O) groups excluding carboxylic acids is 1. The standard InChI is InChI=1S/C13H22N4O/c1-17-8-6-12(16-17)5-7-15-13(18)10-3-2-4-11(14)9-10/h6,8,10-11H,2-5,7,9,14H2,1H3,(H,15,18). The van der Waals surface area contributed by atoms with Crippen LogP contribution in [0.2, 0.25) is 0 Å². The smallest absolute Gasteiger partial charge is 0.223 e. The minimum atomic E-state index is 0.109. The van der Waals surface area contributed by atoms with Crippen molar-refractivity contribution < 1.29 is 4.79 Å². The Kier molecular flexibility index (Phi) is 4.36. The first-order valence-corrected chi connectivity index (χ1v) is 6.67. The van der Waals surface area contributed by atoms with E-state index in [1.807, 2.05) is 19.3 Å². The predicted octanol–water partition coefficient (Wildman–Crippen LogP) is 0.596. The van der Waals surface area contributed by atoms with E-state index in [4.69, 9.17) is 5.73 Å². The largest absolute Gasteiger partial charge is 0.355 e. The third kappa shape index (κ3) is 3.57. The second-order valence-corrected chi connectivity index (χ2v) is 5.15. The fraction of sp³-hybridized carbons (Fsp3) is 0.692. The third-order valence-corrected chi connectivity index (χ3v) is 3.53. The Bertz CT molecular complexity index is 401. The van der Waals surface area contributed by atoms with Gasteiger partial charge in [-0.3, -0.25) is 9.48 Å². The zero-order valence-corrected chi connectivity index (χ0v) is 10.9. The van der Waals surface area contributed by atoms with Crippen molar-refractivity contribution in [1.82, 2.24) is 15.1 Å². The van der Waals surface area contributed by atoms with Crippen LogP contribution in [0.3, 0.4) is 0 Å². The van der Waals surface area contributed by atoms with Crippen LogP contribution in [0.1, 0.15) is 31.4 Å². The van der Waals surface area contributed by atoms with E-state index in [1.165, 1.54) is 0 Å². The molecule has 3 N–H and O–H groups in total. The van der Waals surface area contributed by atoms with Crippen LogP contribution in [0.4, 0.5) is 0 Å². The van der Waals surface area contributed by atoms with E-state index in [2.05, 4.69) is 10.4 Å². The van der Waals surface area contributed by atoms with Gasteiger partial charge >= 0.3 is 0 Å². The van der Waals surface area contributed by atoms with Crippen molar-refractivity contribution in [1.29, 1.82) is 0 Å². The third-order valence-electron chi connectivity index (χ3n) is 3.53. The second-order valence-electron chi connectivity index (χ2n) is 5.15. The number of nitrogens with two attached hydrogens (primary N) is 1. The van der Waals surface area contributed by atoms with E-state index in [1.54, 1.807) is 4.68 Å². The molecule has 1 amide bonds. The molecule has 0 aliphatic heterocycles. The monoisotopic (exact) mass is 250 g/mol. The number of amides is 1. The van der Waals surface area contributed by atoms with Crippen molar-refractivity contribution in [3.05, 3.63) is 18.0 Å². The van der Waals surface area contributed by atoms with E-state index in [0.29, 0.717) is 6.54 Å². The van der Waals surface area contributed by atoms with Gasteiger partial charge < -0.3 is 11.1 Å². The van der Waals surface area contributed by atoms with Gasteiger partial charge in [-0.15, -0.1) is 0 Å². The molecule has 0 aromatic carbocycles. The molecular weight excluding hydrogens is 228 g/mol. The lowest BCUT2D eigenvalue weighted by molar-refractivity contribution is -0.126. The maximum atomic E-state index is 11.9. The molecule has 0 bridgehead atoms. The molecule has 1 aliphatic carbocycles. The SMILES string of the molecule is Cn1ccc(CCNC(=O)C2CCCC(N)C2)n1. The molecule has 0 spiro atoms. The van der Waals surface area contributed by atoms with Gasteiger partial charge in [0.05, 0.1) is 5.69 Å². The highest BCUT2D eigenvalue weighted by molar-refractivity contribution is 5.78. The van der Waals surface area contributed by atoms with Crippen LogP contribution >= 0.6 is 0 Å². The number of aromatic nitrogens is 2. The molecule has 1 aromatic rings. The van der Waals surface area contributed by atoms with Crippen molar-refractivity contribution in [2.24, 2.45) is 18.7 Å². The minimum Gasteiger partial charge on any atom is -0.355 e. The first-order valence-electron chi connectivity index (χ1n) is 6.67. The Morgan fingerprint density at radius 2 is 2.44 bits per heavy atom. The summed E-state index contributed by atoms with van der Waals surface area (Å²) in [6.07, 6.45) is 6.62. The maximum absolute atomic E-state index is 11.9. The summed E-state index contributed by atoms with van der Waals surface area (Å²) in [5, 5.41) is 7.26. The molecule has 1 aromatic heterocycles. The van der Waals surface area contributed by atoms with Crippen molar-refractivity contribution in [3.8, 4) is 0 Å². The number of rotatable bonds is 4. The first-order chi connectivity index (χ1) is 8.65. The zero-order valence-electron chi connectivity index (χ0n) is 10.9. The van der Waals surface area contributed by atoms with Crippen molar-refractivity contribution >= 4 is 5.91 Å². The molecule has 2 unspecified atom stereocenters. The Balaban J connectivity index is 1.71. The van der Waals surface area contributed by atoms with E-state index >= 15 is 0 Å². The van der Waals surface area contributed by atoms with Crippen LogP contribution in [0.15, 0.2) is 12.3 Å². The van der Waals surface area contributed by atoms with Crippen LogP contribution in [0.5, 0.6) is 0 Å². The van der Waals surface area contributed by atoms with Crippen LogP contribution in [0.25, 0.3) is 0 Å². The van der Waals surface area contributed by atoms with Gasteiger partial charge in [-0.1, -0.05) is 6.42 Å². The van der Waals surface area contributed by atoms with Crippen LogP contribution in [-0.2, 0) is 18.3 Å². The van der Waals surface area contributed by atoms with Gasteiger partial charge in [0.25, 0.3) is 0 Å². The lowest BCUT2D eigenvalue weighted by atomic mass is 9.85. The van der Waals surface area contributed by atoms with Gasteiger partial charge in [0.15, 0.2) is 0 Å². The number of aryl methyl sites for hydroxylation is 1. The lowest BCUT2D eigenvalue weighted by Crippen LogP contribution is -2.38. The number of nitrogens with zero attached hydrogens (tertiary/aromatic N) is 2. The minimum absolute atomic E-state index is 0.109. The molecule has 0 radical (unpaired) electrons. The topological polar surface area (TPSA) is 72.9 Å². The molecule has 5 heteroatoms. The zero-order chi connectivity index (χ0) is 13.0. The summed E-state index contributed by atoms with van der Waals surface area (Å²) in [6.45, 7) is 0.654. The molecule has 100 valence electrons. The summed E-state index contributed by atoms with van der Waals surface area (Å²) in [6, 6.07) is 2.17. The molecule has 1 heterocycles. The van der Waals surface area contributed by atoms with E-state index in [0.717, 1.165) is 37.8 Å². The van der Waals surface area contributed by atoms with Crippen molar-refractivity contribution in [2.45, 2.75) is 38.1 Å². The predicted molar refractivity (Wildman–Crippen MR) is 69.9 cm³/mol. The summed E-state index contributed by atoms with van der Waals surface area (Å²) in [5.74, 6) is 0.263. The average molecular weight is 250 g/mol. The van der Waals surface area contributed by atoms with E-state index in [9.17, 15) is 4.79 Å². The Labute approximate surface area is 108 Å². The molecule has 5 nitrogen and oxygen atoms in total. The fourth-order valence-electron chi connectivity index (χ4n) is 2.52. The van der Waals surface area contributed by atoms with Gasteiger partial charge in [-0.2, -0.15) is 5.10 Å². The van der Waals surface area contributed by atoms with Gasteiger partial charge in [-0.05, 0) is 25.3 Å². The summed E-state index contributed by atoms with van der Waals surface area (Å²) in [7, 11) is 1.89. The highest BCUT2D eigenvalue weighted by atomic mass is 16.1. The molecule has 0 saturated heterocycles. The van der Waals surface area contributed by atoms with Crippen molar-refractivity contribution in [3.63, 3.8) is 0 Å². The molecule has 18 heavy (non-hydrogen) atoms. The van der Waals surface area contributed by atoms with Gasteiger partial charge in [0.2, 0.25) is 5.91 Å². The first kappa shape index (κ1) is 13.1. The molecule has 2 rings (SSSR count). The summed E-state index contributed by atoms with van der Waals surface area (Å²) >= 11 is 0. The number of hydrogen-bond donors (Lipinski definition) is 2. The van der Waals surface area contributed by atoms with Gasteiger partial charge in [0.1, 0.15) is 0 Å². The molecule has 1 aliphatic rings. The second kappa shape index (κ2) is 6.00. The average Bonchev–Trinajstić information content (AvgIpc) is 2.75. The maximum Gasteiger partial charge on any atom is 0.223 e. The van der Waals surface area contributed by atoms with Crippen molar-refractivity contribution in [2.75, 3.05) is 6.54 Å². The van der Waals surface area contributed by atoms with Gasteiger partial charge in [-0.25, -0.2) is 0 Å². The quantitative estimate of drug-likeness (QED) is 0.821.